The SMILES string of the molecule is Cc1cc(C)c(C(=O)[P+](=O)OCCOCC2CCCCC2)c(C)c1. The Morgan fingerprint density at radius 1 is 1.08 bits per heavy atom. The van der Waals surface area contributed by atoms with E-state index in [4.69, 9.17) is 9.26 Å². The van der Waals surface area contributed by atoms with Crippen molar-refractivity contribution in [2.24, 2.45) is 5.92 Å². The van der Waals surface area contributed by atoms with Crippen molar-refractivity contribution in [3.63, 3.8) is 0 Å². The Kier molecular flexibility index (Phi) is 7.54. The highest BCUT2D eigenvalue weighted by atomic mass is 31.1. The van der Waals surface area contributed by atoms with E-state index in [1.807, 2.05) is 32.9 Å². The van der Waals surface area contributed by atoms with Gasteiger partial charge in [-0.3, -0.25) is 0 Å². The standard InChI is InChI=1S/C19H28O4P/c1-14-11-15(2)18(16(3)12-14)19(20)24(21)23-10-9-22-13-17-7-5-4-6-8-17/h11-12,17H,4-10,13H2,1-3H3/q+1. The van der Waals surface area contributed by atoms with Gasteiger partial charge in [0.25, 0.3) is 0 Å². The van der Waals surface area contributed by atoms with Crippen LogP contribution in [0.4, 0.5) is 0 Å². The number of aryl methyl sites for hydroxylation is 3. The molecule has 0 spiro atoms. The Labute approximate surface area is 145 Å². The molecule has 0 saturated heterocycles. The minimum Gasteiger partial charge on any atom is -0.379 e. The highest BCUT2D eigenvalue weighted by Crippen LogP contribution is 2.31. The minimum atomic E-state index is -2.36. The van der Waals surface area contributed by atoms with Gasteiger partial charge in [0.15, 0.2) is 0 Å². The van der Waals surface area contributed by atoms with Crippen molar-refractivity contribution in [2.75, 3.05) is 19.8 Å². The molecule has 1 unspecified atom stereocenters. The van der Waals surface area contributed by atoms with Crippen molar-refractivity contribution >= 4 is 13.6 Å². The predicted octanol–water partition coefficient (Wildman–Crippen LogP) is 5.11. The molecular formula is C19H28O4P+. The second-order valence-corrected chi connectivity index (χ2v) is 7.93. The minimum absolute atomic E-state index is 0.192. The van der Waals surface area contributed by atoms with E-state index in [9.17, 15) is 9.36 Å². The zero-order valence-corrected chi connectivity index (χ0v) is 15.9. The Bertz CT molecular complexity index is 568. The van der Waals surface area contributed by atoms with Crippen LogP contribution < -0.4 is 0 Å². The average Bonchev–Trinajstić information content (AvgIpc) is 2.54. The molecular weight excluding hydrogens is 323 g/mol. The van der Waals surface area contributed by atoms with E-state index in [0.717, 1.165) is 23.3 Å². The number of benzene rings is 1. The maximum absolute atomic E-state index is 12.4. The highest BCUT2D eigenvalue weighted by molar-refractivity contribution is 7.60. The van der Waals surface area contributed by atoms with Crippen molar-refractivity contribution in [3.05, 3.63) is 34.4 Å². The maximum Gasteiger partial charge on any atom is 0.593 e. The Morgan fingerprint density at radius 3 is 2.33 bits per heavy atom. The molecule has 0 amide bonds. The van der Waals surface area contributed by atoms with E-state index in [2.05, 4.69) is 0 Å². The number of carbonyl (C=O) groups is 1. The summed E-state index contributed by atoms with van der Waals surface area (Å²) in [6.45, 7) is 7.03. The fourth-order valence-electron chi connectivity index (χ4n) is 3.45. The van der Waals surface area contributed by atoms with Gasteiger partial charge in [0.2, 0.25) is 0 Å². The topological polar surface area (TPSA) is 52.6 Å². The normalized spacial score (nSPS) is 16.2. The second-order valence-electron chi connectivity index (χ2n) is 6.75. The summed E-state index contributed by atoms with van der Waals surface area (Å²) in [6, 6.07) is 3.85. The van der Waals surface area contributed by atoms with Gasteiger partial charge < -0.3 is 4.74 Å². The van der Waals surface area contributed by atoms with Gasteiger partial charge in [-0.2, -0.15) is 0 Å². The lowest BCUT2D eigenvalue weighted by molar-refractivity contribution is 0.0646. The molecule has 1 aromatic carbocycles. The molecule has 0 bridgehead atoms. The summed E-state index contributed by atoms with van der Waals surface area (Å²) in [4.78, 5) is 12.4. The Morgan fingerprint density at radius 2 is 1.71 bits per heavy atom. The zero-order chi connectivity index (χ0) is 17.5. The van der Waals surface area contributed by atoms with Gasteiger partial charge in [0.05, 0.1) is 12.2 Å². The third-order valence-electron chi connectivity index (χ3n) is 4.57. The summed E-state index contributed by atoms with van der Waals surface area (Å²) in [7, 11) is -2.36. The van der Waals surface area contributed by atoms with Crippen LogP contribution in [0.15, 0.2) is 12.1 Å². The number of carbonyl (C=O) groups excluding carboxylic acids is 1. The molecule has 4 nitrogen and oxygen atoms in total. The summed E-state index contributed by atoms with van der Waals surface area (Å²) in [6.07, 6.45) is 6.39. The predicted molar refractivity (Wildman–Crippen MR) is 95.9 cm³/mol. The first-order chi connectivity index (χ1) is 11.5. The largest absolute Gasteiger partial charge is 0.593 e. The maximum atomic E-state index is 12.4. The molecule has 0 heterocycles. The number of hydrogen-bond donors (Lipinski definition) is 0. The molecule has 0 radical (unpaired) electrons. The van der Waals surface area contributed by atoms with Crippen LogP contribution in [0.5, 0.6) is 0 Å². The third kappa shape index (κ3) is 5.47. The van der Waals surface area contributed by atoms with Crippen molar-refractivity contribution in [1.82, 2.24) is 0 Å². The van der Waals surface area contributed by atoms with Crippen LogP contribution in [0.1, 0.15) is 59.2 Å². The molecule has 1 atom stereocenters. The summed E-state index contributed by atoms with van der Waals surface area (Å²) in [5.74, 6) is 0.645. The molecule has 132 valence electrons. The molecule has 1 saturated carbocycles. The molecule has 2 rings (SSSR count). The van der Waals surface area contributed by atoms with Gasteiger partial charge in [-0.05, 0) is 55.2 Å². The Hall–Kier alpha value is -1.09. The molecule has 0 N–H and O–H groups in total. The quantitative estimate of drug-likeness (QED) is 0.482. The molecule has 1 aliphatic rings. The Balaban J connectivity index is 1.75. The van der Waals surface area contributed by atoms with E-state index >= 15 is 0 Å². The number of hydrogen-bond acceptors (Lipinski definition) is 4. The first-order valence-electron chi connectivity index (χ1n) is 8.79. The van der Waals surface area contributed by atoms with Crippen LogP contribution in [-0.4, -0.2) is 25.3 Å². The summed E-state index contributed by atoms with van der Waals surface area (Å²) < 4.78 is 22.9. The van der Waals surface area contributed by atoms with Gasteiger partial charge in [-0.25, -0.2) is 4.79 Å². The van der Waals surface area contributed by atoms with E-state index in [1.165, 1.54) is 32.1 Å². The summed E-state index contributed by atoms with van der Waals surface area (Å²) in [5.41, 5.74) is 2.88. The first-order valence-corrected chi connectivity index (χ1v) is 9.97. The van der Waals surface area contributed by atoms with Crippen LogP contribution >= 0.6 is 8.03 Å². The fourth-order valence-corrected chi connectivity index (χ4v) is 4.34. The zero-order valence-electron chi connectivity index (χ0n) is 15.0. The molecule has 0 aliphatic heterocycles. The average molecular weight is 351 g/mol. The summed E-state index contributed by atoms with van der Waals surface area (Å²) in [5, 5.41) is 0. The molecule has 0 aromatic heterocycles. The first kappa shape index (κ1) is 19.2. The van der Waals surface area contributed by atoms with Gasteiger partial charge >= 0.3 is 13.6 Å². The molecule has 24 heavy (non-hydrogen) atoms. The van der Waals surface area contributed by atoms with Crippen LogP contribution in [0, 0.1) is 26.7 Å². The van der Waals surface area contributed by atoms with Crippen LogP contribution in [-0.2, 0) is 13.8 Å². The van der Waals surface area contributed by atoms with Gasteiger partial charge in [-0.1, -0.05) is 37.0 Å². The van der Waals surface area contributed by atoms with E-state index in [0.29, 0.717) is 18.1 Å². The monoisotopic (exact) mass is 351 g/mol. The van der Waals surface area contributed by atoms with Gasteiger partial charge in [0, 0.05) is 6.61 Å². The second kappa shape index (κ2) is 9.41. The van der Waals surface area contributed by atoms with E-state index < -0.39 is 13.6 Å². The molecule has 1 aliphatic carbocycles. The highest BCUT2D eigenvalue weighted by Gasteiger charge is 2.35. The molecule has 5 heteroatoms. The van der Waals surface area contributed by atoms with Crippen molar-refractivity contribution in [3.8, 4) is 0 Å². The third-order valence-corrected chi connectivity index (χ3v) is 5.54. The molecule has 1 aromatic rings. The summed E-state index contributed by atoms with van der Waals surface area (Å²) >= 11 is 0. The van der Waals surface area contributed by atoms with Crippen LogP contribution in [0.25, 0.3) is 0 Å². The van der Waals surface area contributed by atoms with Crippen LogP contribution in [0.2, 0.25) is 0 Å². The number of rotatable bonds is 8. The smallest absolute Gasteiger partial charge is 0.379 e. The van der Waals surface area contributed by atoms with Crippen molar-refractivity contribution in [1.29, 1.82) is 0 Å². The lowest BCUT2D eigenvalue weighted by atomic mass is 9.90. The van der Waals surface area contributed by atoms with E-state index in [1.54, 1.807) is 0 Å². The lowest BCUT2D eigenvalue weighted by Crippen LogP contribution is -2.15. The van der Waals surface area contributed by atoms with Gasteiger partial charge in [0.1, 0.15) is 6.61 Å². The lowest BCUT2D eigenvalue weighted by Gasteiger charge is -2.20. The number of ether oxygens (including phenoxy) is 1. The van der Waals surface area contributed by atoms with Crippen molar-refractivity contribution < 1.29 is 18.6 Å². The van der Waals surface area contributed by atoms with Gasteiger partial charge in [-0.15, -0.1) is 4.52 Å². The fraction of sp³-hybridized carbons (Fsp3) is 0.632. The molecule has 1 fully saturated rings. The van der Waals surface area contributed by atoms with E-state index in [-0.39, 0.29) is 6.61 Å². The van der Waals surface area contributed by atoms with Crippen molar-refractivity contribution in [2.45, 2.75) is 52.9 Å². The van der Waals surface area contributed by atoms with Crippen LogP contribution in [0.3, 0.4) is 0 Å².